The lowest BCUT2D eigenvalue weighted by atomic mass is 10.1. The van der Waals surface area contributed by atoms with Crippen LogP contribution in [0.1, 0.15) is 27.9 Å². The van der Waals surface area contributed by atoms with Crippen LogP contribution < -0.4 is 10.1 Å². The average molecular weight is 437 g/mol. The molecule has 0 saturated heterocycles. The summed E-state index contributed by atoms with van der Waals surface area (Å²) in [6.07, 6.45) is -0.799. The maximum absolute atomic E-state index is 12.6. The van der Waals surface area contributed by atoms with Crippen LogP contribution in [0.3, 0.4) is 0 Å². The van der Waals surface area contributed by atoms with Crippen LogP contribution in [0.15, 0.2) is 73.1 Å². The number of halogens is 2. The predicted octanol–water partition coefficient (Wildman–Crippen LogP) is 4.26. The zero-order valence-electron chi connectivity index (χ0n) is 17.0. The molecule has 1 heterocycles. The van der Waals surface area contributed by atoms with Gasteiger partial charge in [-0.2, -0.15) is 0 Å². The minimum absolute atomic E-state index is 0.0106. The topological polar surface area (TPSA) is 76.4 Å². The van der Waals surface area contributed by atoms with Gasteiger partial charge in [0.25, 0.3) is 12.3 Å². The predicted molar refractivity (Wildman–Crippen MR) is 116 cm³/mol. The molecule has 0 saturated carbocycles. The van der Waals surface area contributed by atoms with Crippen molar-refractivity contribution in [3.05, 3.63) is 89.7 Å². The largest absolute Gasteiger partial charge is 0.489 e. The second-order valence-corrected chi connectivity index (χ2v) is 7.12. The first kappa shape index (κ1) is 21.5. The SMILES string of the molecule is O=C(NCCO)c1ccc2c(c1)ncn2-c1ccc(OCc2ccc(C(F)F)cc2)cc1. The van der Waals surface area contributed by atoms with Crippen molar-refractivity contribution in [2.24, 2.45) is 0 Å². The van der Waals surface area contributed by atoms with E-state index in [0.717, 1.165) is 16.8 Å². The number of alkyl halides is 2. The number of ether oxygens (including phenoxy) is 1. The summed E-state index contributed by atoms with van der Waals surface area (Å²) in [5.41, 5.74) is 3.66. The number of aliphatic hydroxyl groups excluding tert-OH is 1. The number of aliphatic hydroxyl groups is 1. The molecule has 164 valence electrons. The monoisotopic (exact) mass is 437 g/mol. The molecule has 0 spiro atoms. The van der Waals surface area contributed by atoms with Gasteiger partial charge in [-0.3, -0.25) is 9.36 Å². The Balaban J connectivity index is 1.44. The lowest BCUT2D eigenvalue weighted by Gasteiger charge is -2.09. The number of hydrogen-bond donors (Lipinski definition) is 2. The number of carbonyl (C=O) groups excluding carboxylic acids is 1. The molecule has 0 unspecified atom stereocenters. The summed E-state index contributed by atoms with van der Waals surface area (Å²) in [4.78, 5) is 16.5. The summed E-state index contributed by atoms with van der Waals surface area (Å²) >= 11 is 0. The molecule has 0 aliphatic heterocycles. The van der Waals surface area contributed by atoms with Crippen molar-refractivity contribution in [3.8, 4) is 11.4 Å². The molecular weight excluding hydrogens is 416 g/mol. The van der Waals surface area contributed by atoms with E-state index in [1.165, 1.54) is 12.1 Å². The molecule has 1 aromatic heterocycles. The van der Waals surface area contributed by atoms with Crippen molar-refractivity contribution in [1.29, 1.82) is 0 Å². The highest BCUT2D eigenvalue weighted by Crippen LogP contribution is 2.23. The van der Waals surface area contributed by atoms with Crippen LogP contribution in [0, 0.1) is 0 Å². The fraction of sp³-hybridized carbons (Fsp3) is 0.167. The van der Waals surface area contributed by atoms with E-state index in [-0.39, 0.29) is 31.2 Å². The average Bonchev–Trinajstić information content (AvgIpc) is 3.25. The maximum Gasteiger partial charge on any atom is 0.263 e. The van der Waals surface area contributed by atoms with Crippen molar-refractivity contribution in [3.63, 3.8) is 0 Å². The first-order valence-electron chi connectivity index (χ1n) is 10.0. The van der Waals surface area contributed by atoms with Crippen molar-refractivity contribution in [1.82, 2.24) is 14.9 Å². The van der Waals surface area contributed by atoms with Gasteiger partial charge in [-0.15, -0.1) is 0 Å². The van der Waals surface area contributed by atoms with Crippen molar-refractivity contribution >= 4 is 16.9 Å². The van der Waals surface area contributed by atoms with Gasteiger partial charge < -0.3 is 15.2 Å². The fourth-order valence-corrected chi connectivity index (χ4v) is 3.26. The van der Waals surface area contributed by atoms with Crippen LogP contribution in [-0.2, 0) is 6.61 Å². The van der Waals surface area contributed by atoms with E-state index < -0.39 is 6.43 Å². The number of carbonyl (C=O) groups is 1. The van der Waals surface area contributed by atoms with Gasteiger partial charge >= 0.3 is 0 Å². The van der Waals surface area contributed by atoms with Gasteiger partial charge in [0.15, 0.2) is 0 Å². The molecule has 0 bridgehead atoms. The molecule has 0 radical (unpaired) electrons. The van der Waals surface area contributed by atoms with Crippen LogP contribution in [0.2, 0.25) is 0 Å². The molecule has 0 atom stereocenters. The van der Waals surface area contributed by atoms with Gasteiger partial charge in [0.05, 0.1) is 17.6 Å². The van der Waals surface area contributed by atoms with E-state index in [4.69, 9.17) is 9.84 Å². The summed E-state index contributed by atoms with van der Waals surface area (Å²) < 4.78 is 32.9. The number of hydrogen-bond acceptors (Lipinski definition) is 4. The Morgan fingerprint density at radius 1 is 1.06 bits per heavy atom. The lowest BCUT2D eigenvalue weighted by molar-refractivity contribution is 0.0945. The van der Waals surface area contributed by atoms with E-state index in [2.05, 4.69) is 10.3 Å². The third-order valence-electron chi connectivity index (χ3n) is 4.96. The molecule has 3 aromatic carbocycles. The van der Waals surface area contributed by atoms with Crippen molar-refractivity contribution in [2.75, 3.05) is 13.2 Å². The van der Waals surface area contributed by atoms with E-state index in [1.807, 2.05) is 34.9 Å². The molecule has 1 amide bonds. The van der Waals surface area contributed by atoms with Gasteiger partial charge in [0.2, 0.25) is 0 Å². The Labute approximate surface area is 183 Å². The zero-order valence-corrected chi connectivity index (χ0v) is 17.0. The normalized spacial score (nSPS) is 11.1. The molecule has 32 heavy (non-hydrogen) atoms. The van der Waals surface area contributed by atoms with E-state index >= 15 is 0 Å². The molecule has 0 fully saturated rings. The molecule has 4 aromatic rings. The Morgan fingerprint density at radius 2 is 1.81 bits per heavy atom. The van der Waals surface area contributed by atoms with Crippen LogP contribution >= 0.6 is 0 Å². The second-order valence-electron chi connectivity index (χ2n) is 7.12. The molecule has 4 rings (SSSR count). The summed E-state index contributed by atoms with van der Waals surface area (Å²) in [5.74, 6) is 0.389. The van der Waals surface area contributed by atoms with Gasteiger partial charge in [-0.25, -0.2) is 13.8 Å². The molecule has 0 aliphatic carbocycles. The molecule has 2 N–H and O–H groups in total. The summed E-state index contributed by atoms with van der Waals surface area (Å²) in [6.45, 7) is 0.353. The number of imidazole rings is 1. The fourth-order valence-electron chi connectivity index (χ4n) is 3.26. The summed E-state index contributed by atoms with van der Waals surface area (Å²) in [5, 5.41) is 11.5. The minimum Gasteiger partial charge on any atom is -0.489 e. The Bertz CT molecular complexity index is 1210. The van der Waals surface area contributed by atoms with Crippen LogP contribution in [-0.4, -0.2) is 33.7 Å². The maximum atomic E-state index is 12.6. The van der Waals surface area contributed by atoms with Gasteiger partial charge in [-0.1, -0.05) is 24.3 Å². The zero-order chi connectivity index (χ0) is 22.5. The van der Waals surface area contributed by atoms with Gasteiger partial charge in [0.1, 0.15) is 18.7 Å². The summed E-state index contributed by atoms with van der Waals surface area (Å²) in [6, 6.07) is 18.7. The first-order chi connectivity index (χ1) is 15.5. The van der Waals surface area contributed by atoms with Crippen LogP contribution in [0.5, 0.6) is 5.75 Å². The molecule has 0 aliphatic rings. The third kappa shape index (κ3) is 4.76. The number of nitrogens with one attached hydrogen (secondary N) is 1. The number of fused-ring (bicyclic) bond motifs is 1. The van der Waals surface area contributed by atoms with E-state index in [1.54, 1.807) is 30.6 Å². The van der Waals surface area contributed by atoms with Gasteiger partial charge in [0, 0.05) is 23.4 Å². The van der Waals surface area contributed by atoms with E-state index in [0.29, 0.717) is 16.8 Å². The van der Waals surface area contributed by atoms with E-state index in [9.17, 15) is 13.6 Å². The second kappa shape index (κ2) is 9.57. The quantitative estimate of drug-likeness (QED) is 0.432. The summed E-state index contributed by atoms with van der Waals surface area (Å²) in [7, 11) is 0. The molecular formula is C24H21F2N3O3. The Kier molecular flexibility index (Phi) is 6.42. The lowest BCUT2D eigenvalue weighted by Crippen LogP contribution is -2.26. The highest BCUT2D eigenvalue weighted by molar-refractivity contribution is 5.97. The third-order valence-corrected chi connectivity index (χ3v) is 4.96. The Hall–Kier alpha value is -3.78. The molecule has 8 heteroatoms. The van der Waals surface area contributed by atoms with Crippen molar-refractivity contribution < 1.29 is 23.4 Å². The minimum atomic E-state index is -2.48. The first-order valence-corrected chi connectivity index (χ1v) is 10.0. The van der Waals surface area contributed by atoms with Crippen LogP contribution in [0.25, 0.3) is 16.7 Å². The number of nitrogens with zero attached hydrogens (tertiary/aromatic N) is 2. The highest BCUT2D eigenvalue weighted by atomic mass is 19.3. The van der Waals surface area contributed by atoms with Crippen molar-refractivity contribution in [2.45, 2.75) is 13.0 Å². The number of amides is 1. The number of rotatable bonds is 8. The number of aromatic nitrogens is 2. The van der Waals surface area contributed by atoms with Gasteiger partial charge in [-0.05, 0) is 48.0 Å². The number of benzene rings is 3. The molecule has 6 nitrogen and oxygen atoms in total. The smallest absolute Gasteiger partial charge is 0.263 e. The standard InChI is InChI=1S/C24H21F2N3O3/c25-23(26)17-3-1-16(2-4-17)14-32-20-8-6-19(7-9-20)29-15-28-21-13-18(5-10-22(21)29)24(31)27-11-12-30/h1-10,13,15,23,30H,11-12,14H2,(H,27,31). The highest BCUT2D eigenvalue weighted by Gasteiger charge is 2.10. The van der Waals surface area contributed by atoms with Crippen LogP contribution in [0.4, 0.5) is 8.78 Å². The Morgan fingerprint density at radius 3 is 2.50 bits per heavy atom.